The van der Waals surface area contributed by atoms with E-state index < -0.39 is 6.29 Å². The minimum Gasteiger partial charge on any atom is -0.354 e. The Morgan fingerprint density at radius 1 is 1.29 bits per heavy atom. The molecule has 0 atom stereocenters. The zero-order valence-electron chi connectivity index (χ0n) is 9.66. The van der Waals surface area contributed by atoms with E-state index >= 15 is 0 Å². The van der Waals surface area contributed by atoms with Crippen molar-refractivity contribution in [2.45, 2.75) is 12.8 Å². The monoisotopic (exact) mass is 235 g/mol. The smallest absolute Gasteiger partial charge is 0.277 e. The first kappa shape index (κ1) is 11.7. The lowest BCUT2D eigenvalue weighted by atomic mass is 10.2. The Hall–Kier alpha value is -1.79. The van der Waals surface area contributed by atoms with Gasteiger partial charge in [0.25, 0.3) is 5.56 Å². The van der Waals surface area contributed by atoms with Gasteiger partial charge in [0.15, 0.2) is 6.29 Å². The van der Waals surface area contributed by atoms with E-state index in [1.165, 1.54) is 18.9 Å². The Bertz CT molecular complexity index is 563. The zero-order valence-corrected chi connectivity index (χ0v) is 9.66. The van der Waals surface area contributed by atoms with Crippen LogP contribution in [-0.4, -0.2) is 35.5 Å². The van der Waals surface area contributed by atoms with E-state index in [1.54, 1.807) is 18.2 Å². The number of fused-ring (bicyclic) bond motifs is 1. The van der Waals surface area contributed by atoms with Crippen molar-refractivity contribution in [3.8, 4) is 0 Å². The van der Waals surface area contributed by atoms with Crippen molar-refractivity contribution < 1.29 is 9.47 Å². The van der Waals surface area contributed by atoms with Crippen LogP contribution in [0.3, 0.4) is 0 Å². The number of methoxy groups -OCH3 is 2. The minimum absolute atomic E-state index is 0.199. The summed E-state index contributed by atoms with van der Waals surface area (Å²) in [5.41, 5.74) is 0.384. The molecule has 0 aliphatic heterocycles. The highest BCUT2D eigenvalue weighted by atomic mass is 16.7. The second-order valence-corrected chi connectivity index (χ2v) is 3.49. The van der Waals surface area contributed by atoms with Crippen molar-refractivity contribution in [3.05, 3.63) is 34.6 Å². The van der Waals surface area contributed by atoms with Crippen LogP contribution in [0.5, 0.6) is 0 Å². The van der Waals surface area contributed by atoms with Gasteiger partial charge in [-0.15, -0.1) is 5.10 Å². The molecule has 0 aliphatic carbocycles. The average Bonchev–Trinajstić information content (AvgIpc) is 2.38. The van der Waals surface area contributed by atoms with Crippen LogP contribution in [0.25, 0.3) is 10.9 Å². The molecule has 90 valence electrons. The van der Waals surface area contributed by atoms with Crippen molar-refractivity contribution in [1.82, 2.24) is 15.0 Å². The van der Waals surface area contributed by atoms with E-state index in [9.17, 15) is 4.79 Å². The van der Waals surface area contributed by atoms with Crippen molar-refractivity contribution >= 4 is 10.9 Å². The van der Waals surface area contributed by atoms with E-state index in [2.05, 4.69) is 10.3 Å². The molecule has 0 saturated heterocycles. The van der Waals surface area contributed by atoms with E-state index in [0.29, 0.717) is 10.9 Å². The maximum atomic E-state index is 12.0. The molecule has 0 bridgehead atoms. The Labute approximate surface area is 97.8 Å². The minimum atomic E-state index is -0.511. The summed E-state index contributed by atoms with van der Waals surface area (Å²) in [5.74, 6) is 0. The van der Waals surface area contributed by atoms with Crippen LogP contribution in [0, 0.1) is 0 Å². The highest BCUT2D eigenvalue weighted by Gasteiger charge is 2.10. The Kier molecular flexibility index (Phi) is 3.46. The molecule has 17 heavy (non-hydrogen) atoms. The summed E-state index contributed by atoms with van der Waals surface area (Å²) in [6.07, 6.45) is -0.511. The van der Waals surface area contributed by atoms with E-state index in [0.717, 1.165) is 0 Å². The van der Waals surface area contributed by atoms with Gasteiger partial charge in [-0.25, -0.2) is 4.68 Å². The molecule has 1 aromatic carbocycles. The van der Waals surface area contributed by atoms with Gasteiger partial charge in [0, 0.05) is 14.2 Å². The van der Waals surface area contributed by atoms with Gasteiger partial charge < -0.3 is 9.47 Å². The quantitative estimate of drug-likeness (QED) is 0.718. The summed E-state index contributed by atoms with van der Waals surface area (Å²) in [6, 6.07) is 7.07. The van der Waals surface area contributed by atoms with Gasteiger partial charge in [0.1, 0.15) is 5.52 Å². The lowest BCUT2D eigenvalue weighted by molar-refractivity contribution is -0.113. The molecule has 0 unspecified atom stereocenters. The van der Waals surface area contributed by atoms with Gasteiger partial charge in [-0.3, -0.25) is 4.79 Å². The van der Waals surface area contributed by atoms with Crippen LogP contribution in [0.4, 0.5) is 0 Å². The van der Waals surface area contributed by atoms with Crippen LogP contribution in [0.1, 0.15) is 0 Å². The molecule has 6 heteroatoms. The first-order valence-electron chi connectivity index (χ1n) is 5.14. The average molecular weight is 235 g/mol. The third-order valence-electron chi connectivity index (χ3n) is 2.48. The molecule has 2 aromatic rings. The molecule has 1 heterocycles. The highest BCUT2D eigenvalue weighted by molar-refractivity contribution is 5.76. The Balaban J connectivity index is 2.42. The first-order chi connectivity index (χ1) is 8.26. The molecule has 0 aliphatic rings. The molecule has 1 aromatic heterocycles. The maximum absolute atomic E-state index is 12.0. The number of nitrogens with zero attached hydrogens (tertiary/aromatic N) is 3. The number of aromatic nitrogens is 3. The predicted molar refractivity (Wildman–Crippen MR) is 61.6 cm³/mol. The molecule has 0 spiro atoms. The fourth-order valence-corrected chi connectivity index (χ4v) is 1.53. The molecule has 6 nitrogen and oxygen atoms in total. The van der Waals surface area contributed by atoms with Gasteiger partial charge in [0.05, 0.1) is 11.9 Å². The molecule has 2 rings (SSSR count). The van der Waals surface area contributed by atoms with E-state index in [1.807, 2.05) is 6.07 Å². The van der Waals surface area contributed by atoms with Gasteiger partial charge >= 0.3 is 0 Å². The van der Waals surface area contributed by atoms with Gasteiger partial charge in [-0.2, -0.15) is 0 Å². The summed E-state index contributed by atoms with van der Waals surface area (Å²) in [5, 5.41) is 8.34. The van der Waals surface area contributed by atoms with Crippen molar-refractivity contribution in [2.75, 3.05) is 14.2 Å². The number of benzene rings is 1. The van der Waals surface area contributed by atoms with Gasteiger partial charge in [-0.05, 0) is 12.1 Å². The molecular weight excluding hydrogens is 222 g/mol. The van der Waals surface area contributed by atoms with Crippen LogP contribution >= 0.6 is 0 Å². The fraction of sp³-hybridized carbons (Fsp3) is 0.364. The maximum Gasteiger partial charge on any atom is 0.277 e. The lowest BCUT2D eigenvalue weighted by Gasteiger charge is -2.13. The largest absolute Gasteiger partial charge is 0.354 e. The molecule has 0 N–H and O–H groups in total. The van der Waals surface area contributed by atoms with Crippen LogP contribution in [0.2, 0.25) is 0 Å². The molecule has 0 fully saturated rings. The number of rotatable bonds is 4. The number of ether oxygens (including phenoxy) is 2. The van der Waals surface area contributed by atoms with Crippen LogP contribution < -0.4 is 5.56 Å². The summed E-state index contributed by atoms with van der Waals surface area (Å²) in [7, 11) is 3.02. The Morgan fingerprint density at radius 2 is 2.00 bits per heavy atom. The third kappa shape index (κ3) is 2.32. The van der Waals surface area contributed by atoms with E-state index in [-0.39, 0.29) is 12.1 Å². The van der Waals surface area contributed by atoms with Crippen LogP contribution in [0.15, 0.2) is 29.1 Å². The van der Waals surface area contributed by atoms with Gasteiger partial charge in [-0.1, -0.05) is 17.3 Å². The molecule has 0 radical (unpaired) electrons. The second-order valence-electron chi connectivity index (χ2n) is 3.49. The molecular formula is C11H13N3O3. The molecule has 0 saturated carbocycles. The summed E-state index contributed by atoms with van der Waals surface area (Å²) >= 11 is 0. The predicted octanol–water partition coefficient (Wildman–Crippen LogP) is 0.410. The Morgan fingerprint density at radius 3 is 2.71 bits per heavy atom. The molecule has 0 amide bonds. The first-order valence-corrected chi connectivity index (χ1v) is 5.14. The summed E-state index contributed by atoms with van der Waals surface area (Å²) < 4.78 is 11.3. The fourth-order valence-electron chi connectivity index (χ4n) is 1.53. The van der Waals surface area contributed by atoms with Gasteiger partial charge in [0.2, 0.25) is 0 Å². The van der Waals surface area contributed by atoms with Crippen LogP contribution in [-0.2, 0) is 16.0 Å². The van der Waals surface area contributed by atoms with Crippen molar-refractivity contribution in [3.63, 3.8) is 0 Å². The van der Waals surface area contributed by atoms with Crippen molar-refractivity contribution in [1.29, 1.82) is 0 Å². The summed E-state index contributed by atoms with van der Waals surface area (Å²) in [6.45, 7) is 0.212. The SMILES string of the molecule is COC(Cn1nnc2ccccc2c1=O)OC. The second kappa shape index (κ2) is 5.03. The van der Waals surface area contributed by atoms with Crippen molar-refractivity contribution in [2.24, 2.45) is 0 Å². The topological polar surface area (TPSA) is 66.2 Å². The number of hydrogen-bond acceptors (Lipinski definition) is 5. The lowest BCUT2D eigenvalue weighted by Crippen LogP contribution is -2.31. The zero-order chi connectivity index (χ0) is 12.3. The van der Waals surface area contributed by atoms with E-state index in [4.69, 9.17) is 9.47 Å². The highest BCUT2D eigenvalue weighted by Crippen LogP contribution is 2.03. The standard InChI is InChI=1S/C11H13N3O3/c1-16-10(17-2)7-14-11(15)8-5-3-4-6-9(8)12-13-14/h3-6,10H,7H2,1-2H3. The third-order valence-corrected chi connectivity index (χ3v) is 2.48. The number of hydrogen-bond donors (Lipinski definition) is 0. The summed E-state index contributed by atoms with van der Waals surface area (Å²) in [4.78, 5) is 12.0. The normalized spacial score (nSPS) is 11.2.